The van der Waals surface area contributed by atoms with Crippen molar-refractivity contribution >= 4 is 0 Å². The average Bonchev–Trinajstić information content (AvgIpc) is 2.46. The van der Waals surface area contributed by atoms with Crippen LogP contribution < -0.4 is 10.1 Å². The minimum atomic E-state index is 0.255. The van der Waals surface area contributed by atoms with E-state index in [-0.39, 0.29) is 6.04 Å². The maximum atomic E-state index is 9.22. The number of ether oxygens (including phenoxy) is 1. The molecule has 0 amide bonds. The van der Waals surface area contributed by atoms with Crippen LogP contribution in [-0.4, -0.2) is 17.8 Å². The molecule has 0 spiro atoms. The highest BCUT2D eigenvalue weighted by molar-refractivity contribution is 5.27. The highest BCUT2D eigenvalue weighted by atomic mass is 16.5. The molecule has 106 valence electrons. The van der Waals surface area contributed by atoms with E-state index in [1.165, 1.54) is 5.56 Å². The van der Waals surface area contributed by atoms with Crippen molar-refractivity contribution in [3.63, 3.8) is 0 Å². The second-order valence-electron chi connectivity index (χ2n) is 5.07. The standard InChI is InChI=1S/C17H21NO2/c1-13-3-9-17(10-4-13)20-12-14(2)18-11-15-5-7-16(19)8-6-15/h3-10,14,18-19H,11-12H2,1-2H3. The Bertz CT molecular complexity index is 470. The summed E-state index contributed by atoms with van der Waals surface area (Å²) in [4.78, 5) is 0. The molecule has 0 heterocycles. The van der Waals surface area contributed by atoms with Crippen molar-refractivity contribution in [1.82, 2.24) is 5.32 Å². The van der Waals surface area contributed by atoms with Crippen LogP contribution in [0.2, 0.25) is 0 Å². The SMILES string of the molecule is Cc1ccc(OCC(C)NCc2ccc(O)cc2)cc1. The zero-order valence-corrected chi connectivity index (χ0v) is 12.0. The minimum absolute atomic E-state index is 0.255. The Morgan fingerprint density at radius 3 is 2.35 bits per heavy atom. The zero-order valence-electron chi connectivity index (χ0n) is 12.0. The summed E-state index contributed by atoms with van der Waals surface area (Å²) < 4.78 is 5.73. The van der Waals surface area contributed by atoms with Crippen molar-refractivity contribution in [1.29, 1.82) is 0 Å². The number of rotatable bonds is 6. The van der Waals surface area contributed by atoms with Gasteiger partial charge in [0.15, 0.2) is 0 Å². The van der Waals surface area contributed by atoms with Crippen LogP contribution in [0.15, 0.2) is 48.5 Å². The molecule has 2 aromatic rings. The number of hydrogen-bond donors (Lipinski definition) is 2. The van der Waals surface area contributed by atoms with Crippen molar-refractivity contribution in [2.75, 3.05) is 6.61 Å². The first kappa shape index (κ1) is 14.4. The fourth-order valence-electron chi connectivity index (χ4n) is 1.82. The lowest BCUT2D eigenvalue weighted by molar-refractivity contribution is 0.272. The fraction of sp³-hybridized carbons (Fsp3) is 0.294. The topological polar surface area (TPSA) is 41.5 Å². The molecule has 0 fully saturated rings. The fourth-order valence-corrected chi connectivity index (χ4v) is 1.82. The second kappa shape index (κ2) is 6.96. The molecule has 2 rings (SSSR count). The Morgan fingerprint density at radius 1 is 1.05 bits per heavy atom. The summed E-state index contributed by atoms with van der Waals surface area (Å²) >= 11 is 0. The van der Waals surface area contributed by atoms with Crippen LogP contribution >= 0.6 is 0 Å². The molecule has 0 aromatic heterocycles. The lowest BCUT2D eigenvalue weighted by Gasteiger charge is -2.15. The molecular weight excluding hydrogens is 250 g/mol. The van der Waals surface area contributed by atoms with E-state index < -0.39 is 0 Å². The third-order valence-electron chi connectivity index (χ3n) is 3.11. The van der Waals surface area contributed by atoms with E-state index in [1.54, 1.807) is 12.1 Å². The van der Waals surface area contributed by atoms with Crippen molar-refractivity contribution in [3.8, 4) is 11.5 Å². The largest absolute Gasteiger partial charge is 0.508 e. The van der Waals surface area contributed by atoms with E-state index in [0.29, 0.717) is 12.4 Å². The van der Waals surface area contributed by atoms with E-state index in [2.05, 4.69) is 19.2 Å². The van der Waals surface area contributed by atoms with Crippen LogP contribution in [0.5, 0.6) is 11.5 Å². The molecule has 0 saturated heterocycles. The molecular formula is C17H21NO2. The summed E-state index contributed by atoms with van der Waals surface area (Å²) in [5.41, 5.74) is 2.38. The summed E-state index contributed by atoms with van der Waals surface area (Å²) in [6.45, 7) is 5.54. The minimum Gasteiger partial charge on any atom is -0.508 e. The number of nitrogens with one attached hydrogen (secondary N) is 1. The Kier molecular flexibility index (Phi) is 5.02. The van der Waals surface area contributed by atoms with Crippen LogP contribution in [0, 0.1) is 6.92 Å². The molecule has 3 heteroatoms. The van der Waals surface area contributed by atoms with Gasteiger partial charge in [0, 0.05) is 12.6 Å². The Labute approximate surface area is 120 Å². The van der Waals surface area contributed by atoms with Gasteiger partial charge in [-0.3, -0.25) is 0 Å². The van der Waals surface area contributed by atoms with Crippen molar-refractivity contribution in [3.05, 3.63) is 59.7 Å². The predicted octanol–water partition coefficient (Wildman–Crippen LogP) is 3.26. The van der Waals surface area contributed by atoms with E-state index in [4.69, 9.17) is 4.74 Å². The summed E-state index contributed by atoms with van der Waals surface area (Å²) in [6, 6.07) is 15.5. The molecule has 1 atom stereocenters. The first-order valence-electron chi connectivity index (χ1n) is 6.84. The van der Waals surface area contributed by atoms with Gasteiger partial charge in [0.2, 0.25) is 0 Å². The van der Waals surface area contributed by atoms with Crippen LogP contribution in [0.1, 0.15) is 18.1 Å². The molecule has 1 unspecified atom stereocenters. The smallest absolute Gasteiger partial charge is 0.119 e. The number of aromatic hydroxyl groups is 1. The molecule has 0 aliphatic carbocycles. The summed E-state index contributed by atoms with van der Waals surface area (Å²) in [5, 5.41) is 12.6. The lowest BCUT2D eigenvalue weighted by atomic mass is 10.2. The quantitative estimate of drug-likeness (QED) is 0.847. The molecule has 3 nitrogen and oxygen atoms in total. The van der Waals surface area contributed by atoms with Gasteiger partial charge >= 0.3 is 0 Å². The zero-order chi connectivity index (χ0) is 14.4. The first-order chi connectivity index (χ1) is 9.63. The van der Waals surface area contributed by atoms with Gasteiger partial charge in [-0.05, 0) is 43.7 Å². The van der Waals surface area contributed by atoms with E-state index in [9.17, 15) is 5.11 Å². The van der Waals surface area contributed by atoms with Gasteiger partial charge in [-0.2, -0.15) is 0 Å². The van der Waals surface area contributed by atoms with Crippen LogP contribution in [-0.2, 0) is 6.54 Å². The van der Waals surface area contributed by atoms with Crippen molar-refractivity contribution in [2.24, 2.45) is 0 Å². The second-order valence-corrected chi connectivity index (χ2v) is 5.07. The van der Waals surface area contributed by atoms with Gasteiger partial charge in [-0.1, -0.05) is 29.8 Å². The van der Waals surface area contributed by atoms with Gasteiger partial charge in [0.05, 0.1) is 0 Å². The Morgan fingerprint density at radius 2 is 1.70 bits per heavy atom. The van der Waals surface area contributed by atoms with E-state index in [1.807, 2.05) is 36.4 Å². The Balaban J connectivity index is 1.73. The van der Waals surface area contributed by atoms with Gasteiger partial charge < -0.3 is 15.2 Å². The monoisotopic (exact) mass is 271 g/mol. The summed E-state index contributed by atoms with van der Waals surface area (Å²) in [7, 11) is 0. The molecule has 2 N–H and O–H groups in total. The van der Waals surface area contributed by atoms with Gasteiger partial charge in [0.1, 0.15) is 18.1 Å². The third kappa shape index (κ3) is 4.59. The number of hydrogen-bond acceptors (Lipinski definition) is 3. The maximum absolute atomic E-state index is 9.22. The van der Waals surface area contributed by atoms with Gasteiger partial charge in [0.25, 0.3) is 0 Å². The molecule has 0 aliphatic rings. The van der Waals surface area contributed by atoms with Crippen LogP contribution in [0.3, 0.4) is 0 Å². The van der Waals surface area contributed by atoms with Crippen molar-refractivity contribution < 1.29 is 9.84 Å². The molecule has 0 bridgehead atoms. The van der Waals surface area contributed by atoms with Crippen LogP contribution in [0.25, 0.3) is 0 Å². The van der Waals surface area contributed by atoms with Gasteiger partial charge in [-0.25, -0.2) is 0 Å². The average molecular weight is 271 g/mol. The number of phenols is 1. The molecule has 0 radical (unpaired) electrons. The normalized spacial score (nSPS) is 12.1. The Hall–Kier alpha value is -2.00. The number of benzene rings is 2. The predicted molar refractivity (Wildman–Crippen MR) is 81.1 cm³/mol. The van der Waals surface area contributed by atoms with Gasteiger partial charge in [-0.15, -0.1) is 0 Å². The molecule has 0 saturated carbocycles. The molecule has 20 heavy (non-hydrogen) atoms. The first-order valence-corrected chi connectivity index (χ1v) is 6.84. The highest BCUT2D eigenvalue weighted by Crippen LogP contribution is 2.12. The van der Waals surface area contributed by atoms with Crippen LogP contribution in [0.4, 0.5) is 0 Å². The van der Waals surface area contributed by atoms with Crippen molar-refractivity contribution in [2.45, 2.75) is 26.4 Å². The number of phenolic OH excluding ortho intramolecular Hbond substituents is 1. The van der Waals surface area contributed by atoms with E-state index in [0.717, 1.165) is 17.9 Å². The molecule has 0 aliphatic heterocycles. The third-order valence-corrected chi connectivity index (χ3v) is 3.11. The van der Waals surface area contributed by atoms with E-state index >= 15 is 0 Å². The maximum Gasteiger partial charge on any atom is 0.119 e. The summed E-state index contributed by atoms with van der Waals surface area (Å²) in [5.74, 6) is 1.19. The molecule has 2 aromatic carbocycles. The number of aryl methyl sites for hydroxylation is 1. The summed E-state index contributed by atoms with van der Waals surface area (Å²) in [6.07, 6.45) is 0. The lowest BCUT2D eigenvalue weighted by Crippen LogP contribution is -2.31. The highest BCUT2D eigenvalue weighted by Gasteiger charge is 2.03.